The number of sulfonamides is 1. The summed E-state index contributed by atoms with van der Waals surface area (Å²) in [5.74, 6) is 0.00260. The van der Waals surface area contributed by atoms with E-state index in [1.165, 1.54) is 18.2 Å². The van der Waals surface area contributed by atoms with Crippen LogP contribution < -0.4 is 10.0 Å². The molecule has 0 saturated heterocycles. The normalized spacial score (nSPS) is 11.1. The first-order valence-electron chi connectivity index (χ1n) is 7.82. The fraction of sp³-hybridized carbons (Fsp3) is 0.111. The van der Waals surface area contributed by atoms with Crippen LogP contribution in [0.5, 0.6) is 0 Å². The van der Waals surface area contributed by atoms with Crippen LogP contribution in [0.3, 0.4) is 0 Å². The summed E-state index contributed by atoms with van der Waals surface area (Å²) in [6.07, 6.45) is 0. The van der Waals surface area contributed by atoms with Crippen LogP contribution >= 0.6 is 0 Å². The molecular weight excluding hydrogens is 354 g/mol. The molecule has 0 saturated carbocycles. The number of anilines is 2. The lowest BCUT2D eigenvalue weighted by Crippen LogP contribution is -2.14. The van der Waals surface area contributed by atoms with Crippen LogP contribution in [0.4, 0.5) is 11.6 Å². The maximum Gasteiger partial charge on any atom is 0.264 e. The van der Waals surface area contributed by atoms with E-state index in [4.69, 9.17) is 4.52 Å². The molecule has 1 heterocycles. The van der Waals surface area contributed by atoms with Gasteiger partial charge in [-0.2, -0.15) is 0 Å². The minimum absolute atomic E-state index is 0.0512. The second kappa shape index (κ2) is 7.40. The summed E-state index contributed by atoms with van der Waals surface area (Å²) < 4.78 is 31.8. The van der Waals surface area contributed by atoms with Gasteiger partial charge in [-0.1, -0.05) is 35.5 Å². The Hall–Kier alpha value is -3.13. The van der Waals surface area contributed by atoms with Crippen LogP contribution in [0.25, 0.3) is 0 Å². The molecule has 1 aromatic heterocycles. The molecule has 26 heavy (non-hydrogen) atoms. The van der Waals surface area contributed by atoms with Gasteiger partial charge in [-0.25, -0.2) is 13.1 Å². The topological polar surface area (TPSA) is 101 Å². The Bertz CT molecular complexity index is 996. The minimum Gasteiger partial charge on any atom is -0.378 e. The van der Waals surface area contributed by atoms with Gasteiger partial charge in [0.2, 0.25) is 5.88 Å². The third-order valence-electron chi connectivity index (χ3n) is 3.58. The zero-order valence-electron chi connectivity index (χ0n) is 14.0. The molecule has 0 bridgehead atoms. The summed E-state index contributed by atoms with van der Waals surface area (Å²) in [5.41, 5.74) is 1.83. The highest BCUT2D eigenvalue weighted by Gasteiger charge is 2.16. The number of carbonyl (C=O) groups excluding carboxylic acids is 1. The van der Waals surface area contributed by atoms with E-state index in [2.05, 4.69) is 15.2 Å². The summed E-state index contributed by atoms with van der Waals surface area (Å²) in [4.78, 5) is 12.1. The molecule has 2 aromatic carbocycles. The average Bonchev–Trinajstić information content (AvgIpc) is 3.05. The summed E-state index contributed by atoms with van der Waals surface area (Å²) >= 11 is 0. The molecule has 7 nitrogen and oxygen atoms in total. The largest absolute Gasteiger partial charge is 0.378 e. The molecule has 0 aliphatic carbocycles. The number of hydrogen-bond donors (Lipinski definition) is 2. The first kappa shape index (κ1) is 17.7. The zero-order valence-corrected chi connectivity index (χ0v) is 14.8. The summed E-state index contributed by atoms with van der Waals surface area (Å²) in [6, 6.07) is 16.5. The predicted octanol–water partition coefficient (Wildman–Crippen LogP) is 3.08. The van der Waals surface area contributed by atoms with Gasteiger partial charge in [0.05, 0.1) is 17.1 Å². The lowest BCUT2D eigenvalue weighted by atomic mass is 10.1. The highest BCUT2D eigenvalue weighted by Crippen LogP contribution is 2.18. The van der Waals surface area contributed by atoms with E-state index in [1.54, 1.807) is 43.3 Å². The number of aromatic nitrogens is 1. The number of aryl methyl sites for hydroxylation is 1. The average molecular weight is 371 g/mol. The van der Waals surface area contributed by atoms with E-state index >= 15 is 0 Å². The molecule has 3 rings (SSSR count). The Morgan fingerprint density at radius 2 is 1.77 bits per heavy atom. The number of rotatable bonds is 7. The van der Waals surface area contributed by atoms with Crippen molar-refractivity contribution in [3.8, 4) is 0 Å². The van der Waals surface area contributed by atoms with Crippen molar-refractivity contribution in [3.63, 3.8) is 0 Å². The summed E-state index contributed by atoms with van der Waals surface area (Å²) in [5, 5.41) is 6.61. The van der Waals surface area contributed by atoms with Gasteiger partial charge in [-0.15, -0.1) is 0 Å². The van der Waals surface area contributed by atoms with Gasteiger partial charge in [0.15, 0.2) is 5.78 Å². The summed E-state index contributed by atoms with van der Waals surface area (Å²) in [6.45, 7) is 1.81. The van der Waals surface area contributed by atoms with Gasteiger partial charge in [0.25, 0.3) is 10.0 Å². The fourth-order valence-corrected chi connectivity index (χ4v) is 3.24. The molecule has 134 valence electrons. The highest BCUT2D eigenvalue weighted by atomic mass is 32.2. The first-order valence-corrected chi connectivity index (χ1v) is 9.31. The maximum atomic E-state index is 12.3. The van der Waals surface area contributed by atoms with E-state index in [0.717, 1.165) is 0 Å². The van der Waals surface area contributed by atoms with Crippen molar-refractivity contribution >= 4 is 27.4 Å². The maximum absolute atomic E-state index is 12.3. The molecule has 3 aromatic rings. The molecule has 2 N–H and O–H groups in total. The number of benzene rings is 2. The SMILES string of the molecule is Cc1cc(NS(=O)(=O)c2ccc(NCC(=O)c3ccccc3)cc2)on1. The number of ketones is 1. The van der Waals surface area contributed by atoms with Crippen LogP contribution in [0, 0.1) is 6.92 Å². The van der Waals surface area contributed by atoms with Crippen molar-refractivity contribution < 1.29 is 17.7 Å². The number of hydrogen-bond acceptors (Lipinski definition) is 6. The second-order valence-electron chi connectivity index (χ2n) is 5.61. The molecule has 0 fully saturated rings. The van der Waals surface area contributed by atoms with E-state index < -0.39 is 10.0 Å². The van der Waals surface area contributed by atoms with Crippen molar-refractivity contribution in [2.45, 2.75) is 11.8 Å². The van der Waals surface area contributed by atoms with E-state index in [1.807, 2.05) is 6.07 Å². The number of nitrogens with zero attached hydrogens (tertiary/aromatic N) is 1. The van der Waals surface area contributed by atoms with E-state index in [-0.39, 0.29) is 23.1 Å². The zero-order chi connectivity index (χ0) is 18.6. The molecule has 0 radical (unpaired) electrons. The number of Topliss-reactive ketones (excluding diaryl/α,β-unsaturated/α-hetero) is 1. The number of carbonyl (C=O) groups is 1. The van der Waals surface area contributed by atoms with Gasteiger partial charge in [0.1, 0.15) is 0 Å². The lowest BCUT2D eigenvalue weighted by molar-refractivity contribution is 0.101. The second-order valence-corrected chi connectivity index (χ2v) is 7.29. The Morgan fingerprint density at radius 3 is 2.38 bits per heavy atom. The third kappa shape index (κ3) is 4.28. The van der Waals surface area contributed by atoms with Crippen LogP contribution in [0.2, 0.25) is 0 Å². The molecule has 0 aliphatic heterocycles. The monoisotopic (exact) mass is 371 g/mol. The fourth-order valence-electron chi connectivity index (χ4n) is 2.26. The molecule has 0 unspecified atom stereocenters. The van der Waals surface area contributed by atoms with Gasteiger partial charge in [-0.3, -0.25) is 4.79 Å². The van der Waals surface area contributed by atoms with Crippen molar-refractivity contribution in [3.05, 3.63) is 71.9 Å². The third-order valence-corrected chi connectivity index (χ3v) is 4.94. The van der Waals surface area contributed by atoms with E-state index in [9.17, 15) is 13.2 Å². The lowest BCUT2D eigenvalue weighted by Gasteiger charge is -2.08. The van der Waals surface area contributed by atoms with Crippen molar-refractivity contribution in [1.29, 1.82) is 0 Å². The Morgan fingerprint density at radius 1 is 1.08 bits per heavy atom. The van der Waals surface area contributed by atoms with Crippen molar-refractivity contribution in [1.82, 2.24) is 5.16 Å². The molecule has 0 atom stereocenters. The Labute approximate surface area is 151 Å². The molecule has 8 heteroatoms. The van der Waals surface area contributed by atoms with Gasteiger partial charge < -0.3 is 9.84 Å². The molecule has 0 amide bonds. The molecular formula is C18H17N3O4S. The smallest absolute Gasteiger partial charge is 0.264 e. The van der Waals surface area contributed by atoms with Crippen LogP contribution in [0.15, 0.2) is 70.1 Å². The minimum atomic E-state index is -3.77. The van der Waals surface area contributed by atoms with Crippen LogP contribution in [-0.4, -0.2) is 25.9 Å². The standard InChI is InChI=1S/C18H17N3O4S/c1-13-11-18(25-20-13)21-26(23,24)16-9-7-15(8-10-16)19-12-17(22)14-5-3-2-4-6-14/h2-11,19,21H,12H2,1H3. The Balaban J connectivity index is 1.63. The number of nitrogens with one attached hydrogen (secondary N) is 2. The van der Waals surface area contributed by atoms with E-state index in [0.29, 0.717) is 16.9 Å². The molecule has 0 spiro atoms. The summed E-state index contributed by atoms with van der Waals surface area (Å²) in [7, 11) is -3.77. The first-order chi connectivity index (χ1) is 12.4. The van der Waals surface area contributed by atoms with Crippen molar-refractivity contribution in [2.75, 3.05) is 16.6 Å². The predicted molar refractivity (Wildman–Crippen MR) is 97.8 cm³/mol. The highest BCUT2D eigenvalue weighted by molar-refractivity contribution is 7.92. The van der Waals surface area contributed by atoms with Gasteiger partial charge >= 0.3 is 0 Å². The van der Waals surface area contributed by atoms with Gasteiger partial charge in [0, 0.05) is 17.3 Å². The quantitative estimate of drug-likeness (QED) is 0.619. The Kier molecular flexibility index (Phi) is 5.04. The van der Waals surface area contributed by atoms with Crippen LogP contribution in [-0.2, 0) is 10.0 Å². The van der Waals surface area contributed by atoms with Crippen LogP contribution in [0.1, 0.15) is 16.1 Å². The van der Waals surface area contributed by atoms with Crippen molar-refractivity contribution in [2.24, 2.45) is 0 Å². The van der Waals surface area contributed by atoms with Gasteiger partial charge in [-0.05, 0) is 31.2 Å². The molecule has 0 aliphatic rings.